The topological polar surface area (TPSA) is 56.2 Å². The molecule has 1 heterocycles. The van der Waals surface area contributed by atoms with Crippen LogP contribution in [0.2, 0.25) is 0 Å². The first-order valence-corrected chi connectivity index (χ1v) is 12.0. The Morgan fingerprint density at radius 1 is 1.06 bits per heavy atom. The average Bonchev–Trinajstić information content (AvgIpc) is 3.14. The third kappa shape index (κ3) is 7.21. The zero-order chi connectivity index (χ0) is 23.7. The van der Waals surface area contributed by atoms with Crippen molar-refractivity contribution >= 4 is 16.9 Å². The van der Waals surface area contributed by atoms with Gasteiger partial charge in [0.2, 0.25) is 5.91 Å². The van der Waals surface area contributed by atoms with E-state index >= 15 is 0 Å². The van der Waals surface area contributed by atoms with Gasteiger partial charge in [-0.3, -0.25) is 4.79 Å². The van der Waals surface area contributed by atoms with E-state index in [-0.39, 0.29) is 11.3 Å². The van der Waals surface area contributed by atoms with E-state index in [0.29, 0.717) is 13.2 Å². The van der Waals surface area contributed by atoms with Crippen LogP contribution in [0.4, 0.5) is 0 Å². The summed E-state index contributed by atoms with van der Waals surface area (Å²) in [5.74, 6) is 1.96. The zero-order valence-corrected chi connectivity index (χ0v) is 20.4. The second-order valence-corrected chi connectivity index (χ2v) is 9.39. The Kier molecular flexibility index (Phi) is 8.70. The molecule has 0 spiro atoms. The minimum Gasteiger partial charge on any atom is -0.494 e. The van der Waals surface area contributed by atoms with Crippen molar-refractivity contribution in [2.45, 2.75) is 65.3 Å². The lowest BCUT2D eigenvalue weighted by Gasteiger charge is -2.19. The fourth-order valence-electron chi connectivity index (χ4n) is 3.85. The number of hydrogen-bond acceptors (Lipinski definition) is 3. The molecule has 0 radical (unpaired) electrons. The molecular formula is C28H37N3O2. The van der Waals surface area contributed by atoms with Gasteiger partial charge in [-0.15, -0.1) is 0 Å². The molecule has 5 nitrogen and oxygen atoms in total. The Morgan fingerprint density at radius 2 is 1.82 bits per heavy atom. The fourth-order valence-corrected chi connectivity index (χ4v) is 3.85. The Hall–Kier alpha value is -3.08. The van der Waals surface area contributed by atoms with Crippen LogP contribution in [0, 0.1) is 0 Å². The van der Waals surface area contributed by atoms with Gasteiger partial charge in [-0.25, -0.2) is 4.98 Å². The van der Waals surface area contributed by atoms with Gasteiger partial charge in [0.15, 0.2) is 0 Å². The summed E-state index contributed by atoms with van der Waals surface area (Å²) >= 11 is 0. The van der Waals surface area contributed by atoms with Crippen molar-refractivity contribution in [3.8, 4) is 5.75 Å². The van der Waals surface area contributed by atoms with Gasteiger partial charge in [0.1, 0.15) is 11.6 Å². The molecule has 0 fully saturated rings. The lowest BCUT2D eigenvalue weighted by atomic mass is 9.87. The molecule has 33 heavy (non-hydrogen) atoms. The number of fused-ring (bicyclic) bond motifs is 1. The Balaban J connectivity index is 1.50. The number of rotatable bonds is 11. The van der Waals surface area contributed by atoms with E-state index in [1.165, 1.54) is 11.1 Å². The van der Waals surface area contributed by atoms with Crippen LogP contribution in [0.3, 0.4) is 0 Å². The maximum absolute atomic E-state index is 11.6. The first kappa shape index (κ1) is 24.6. The lowest BCUT2D eigenvalue weighted by molar-refractivity contribution is -0.116. The molecule has 0 bridgehead atoms. The maximum atomic E-state index is 11.6. The van der Waals surface area contributed by atoms with Crippen molar-refractivity contribution in [2.75, 3.05) is 13.2 Å². The zero-order valence-electron chi connectivity index (χ0n) is 20.4. The summed E-state index contributed by atoms with van der Waals surface area (Å²) in [5.41, 5.74) is 3.67. The minimum atomic E-state index is -0.0425. The second-order valence-electron chi connectivity index (χ2n) is 9.39. The van der Waals surface area contributed by atoms with Gasteiger partial charge in [-0.1, -0.05) is 51.1 Å². The fraction of sp³-hybridized carbons (Fsp3) is 0.429. The summed E-state index contributed by atoms with van der Waals surface area (Å²) in [7, 11) is 0. The van der Waals surface area contributed by atoms with E-state index in [0.717, 1.165) is 49.3 Å². The molecule has 1 aromatic heterocycles. The number of carbonyl (C=O) groups excluding carboxylic acids is 1. The number of allylic oxidation sites excluding steroid dienone is 1. The number of amides is 1. The number of benzene rings is 2. The SMILES string of the molecule is C/C=C\C(=O)NCCCc1nc2ccccc2n1CCCCOc1ccc(C(C)(C)C)cc1. The predicted octanol–water partition coefficient (Wildman–Crippen LogP) is 5.82. The maximum Gasteiger partial charge on any atom is 0.243 e. The third-order valence-electron chi connectivity index (χ3n) is 5.69. The van der Waals surface area contributed by atoms with Gasteiger partial charge in [0.25, 0.3) is 0 Å². The molecule has 0 saturated carbocycles. The number of imidazole rings is 1. The number of ether oxygens (including phenoxy) is 1. The van der Waals surface area contributed by atoms with Crippen molar-refractivity contribution < 1.29 is 9.53 Å². The number of aryl methyl sites for hydroxylation is 2. The standard InChI is InChI=1S/C28H37N3O2/c1-5-11-27(32)29-19-10-14-26-30-24-12-6-7-13-25(24)31(26)20-8-9-21-33-23-17-15-22(16-18-23)28(2,3)4/h5-7,11-13,15-18H,8-10,14,19-21H2,1-4H3,(H,29,32)/b11-5-. The summed E-state index contributed by atoms with van der Waals surface area (Å²) in [5, 5.41) is 2.91. The van der Waals surface area contributed by atoms with Gasteiger partial charge >= 0.3 is 0 Å². The van der Waals surface area contributed by atoms with Gasteiger partial charge in [-0.05, 0) is 67.5 Å². The predicted molar refractivity (Wildman–Crippen MR) is 136 cm³/mol. The molecule has 1 amide bonds. The first-order valence-electron chi connectivity index (χ1n) is 12.0. The molecule has 0 saturated heterocycles. The van der Waals surface area contributed by atoms with Crippen molar-refractivity contribution in [2.24, 2.45) is 0 Å². The van der Waals surface area contributed by atoms with Crippen LogP contribution in [-0.2, 0) is 23.2 Å². The second kappa shape index (κ2) is 11.7. The quantitative estimate of drug-likeness (QED) is 0.298. The molecule has 0 aliphatic rings. The molecule has 0 atom stereocenters. The van der Waals surface area contributed by atoms with E-state index in [2.05, 4.69) is 73.1 Å². The number of hydrogen-bond donors (Lipinski definition) is 1. The average molecular weight is 448 g/mol. The number of carbonyl (C=O) groups is 1. The van der Waals surface area contributed by atoms with Crippen LogP contribution in [0.15, 0.2) is 60.7 Å². The largest absolute Gasteiger partial charge is 0.494 e. The van der Waals surface area contributed by atoms with Crippen molar-refractivity contribution in [3.05, 3.63) is 72.1 Å². The number of para-hydroxylation sites is 2. The van der Waals surface area contributed by atoms with Crippen LogP contribution >= 0.6 is 0 Å². The van der Waals surface area contributed by atoms with Gasteiger partial charge < -0.3 is 14.6 Å². The van der Waals surface area contributed by atoms with Gasteiger partial charge in [0, 0.05) is 19.5 Å². The van der Waals surface area contributed by atoms with Crippen LogP contribution < -0.4 is 10.1 Å². The normalized spacial score (nSPS) is 11.9. The molecule has 1 N–H and O–H groups in total. The third-order valence-corrected chi connectivity index (χ3v) is 5.69. The number of aromatic nitrogens is 2. The van der Waals surface area contributed by atoms with Crippen LogP contribution in [0.5, 0.6) is 5.75 Å². The number of unbranched alkanes of at least 4 members (excludes halogenated alkanes) is 1. The lowest BCUT2D eigenvalue weighted by Crippen LogP contribution is -2.22. The Bertz CT molecular complexity index is 1060. The monoisotopic (exact) mass is 447 g/mol. The highest BCUT2D eigenvalue weighted by Crippen LogP contribution is 2.24. The van der Waals surface area contributed by atoms with Gasteiger partial charge in [0.05, 0.1) is 17.6 Å². The minimum absolute atomic E-state index is 0.0425. The van der Waals surface area contributed by atoms with E-state index in [4.69, 9.17) is 9.72 Å². The summed E-state index contributed by atoms with van der Waals surface area (Å²) in [6.45, 7) is 10.8. The van der Waals surface area contributed by atoms with Crippen LogP contribution in [0.1, 0.15) is 58.3 Å². The molecule has 176 valence electrons. The summed E-state index contributed by atoms with van der Waals surface area (Å²) < 4.78 is 8.28. The molecule has 3 rings (SSSR count). The molecule has 0 aliphatic carbocycles. The molecule has 0 unspecified atom stereocenters. The number of nitrogens with one attached hydrogen (secondary N) is 1. The molecule has 3 aromatic rings. The van der Waals surface area contributed by atoms with Crippen LogP contribution in [0.25, 0.3) is 11.0 Å². The molecule has 5 heteroatoms. The molecule has 2 aromatic carbocycles. The summed E-state index contributed by atoms with van der Waals surface area (Å²) in [4.78, 5) is 16.4. The molecular weight excluding hydrogens is 410 g/mol. The summed E-state index contributed by atoms with van der Waals surface area (Å²) in [6.07, 6.45) is 7.00. The highest BCUT2D eigenvalue weighted by molar-refractivity contribution is 5.87. The number of nitrogens with zero attached hydrogens (tertiary/aromatic N) is 2. The highest BCUT2D eigenvalue weighted by atomic mass is 16.5. The highest BCUT2D eigenvalue weighted by Gasteiger charge is 2.13. The van der Waals surface area contributed by atoms with Crippen molar-refractivity contribution in [1.29, 1.82) is 0 Å². The molecule has 0 aliphatic heterocycles. The van der Waals surface area contributed by atoms with E-state index < -0.39 is 0 Å². The van der Waals surface area contributed by atoms with E-state index in [9.17, 15) is 4.79 Å². The van der Waals surface area contributed by atoms with E-state index in [1.54, 1.807) is 12.2 Å². The van der Waals surface area contributed by atoms with Crippen molar-refractivity contribution in [3.63, 3.8) is 0 Å². The summed E-state index contributed by atoms with van der Waals surface area (Å²) in [6, 6.07) is 16.7. The Labute approximate surface area is 197 Å². The van der Waals surface area contributed by atoms with Crippen LogP contribution in [-0.4, -0.2) is 28.6 Å². The first-order chi connectivity index (χ1) is 15.9. The van der Waals surface area contributed by atoms with E-state index in [1.807, 2.05) is 13.0 Å². The van der Waals surface area contributed by atoms with Crippen molar-refractivity contribution in [1.82, 2.24) is 14.9 Å². The Morgan fingerprint density at radius 3 is 2.55 bits per heavy atom. The van der Waals surface area contributed by atoms with Gasteiger partial charge in [-0.2, -0.15) is 0 Å². The smallest absolute Gasteiger partial charge is 0.243 e.